The minimum Gasteiger partial charge on any atom is -0.490 e. The minimum atomic E-state index is -4.46. The predicted octanol–water partition coefficient (Wildman–Crippen LogP) is 28.6. The van der Waals surface area contributed by atoms with E-state index in [1.54, 1.807) is 80.6 Å². The molecule has 3 aliphatic rings. The molecule has 118 heavy (non-hydrogen) atoms. The molecule has 0 bridgehead atoms. The molecule has 10 rings (SSSR count). The molecule has 0 radical (unpaired) electrons. The van der Waals surface area contributed by atoms with E-state index in [9.17, 15) is 57.8 Å². The fourth-order valence-corrected chi connectivity index (χ4v) is 11.2. The van der Waals surface area contributed by atoms with Gasteiger partial charge in [-0.1, -0.05) is 228 Å². The van der Waals surface area contributed by atoms with Crippen LogP contribution in [0.1, 0.15) is 277 Å². The molecule has 7 aromatic carbocycles. The van der Waals surface area contributed by atoms with Crippen molar-refractivity contribution in [3.63, 3.8) is 0 Å². The number of rotatable bonds is 19. The number of hydrogen-bond donors (Lipinski definition) is 1. The average molecular weight is 1670 g/mol. The van der Waals surface area contributed by atoms with Crippen molar-refractivity contribution in [2.24, 2.45) is 23.2 Å². The second-order valence-electron chi connectivity index (χ2n) is 40.1. The highest BCUT2D eigenvalue weighted by atomic mass is 19.4. The number of aliphatic hydroxyl groups is 1. The van der Waals surface area contributed by atoms with Crippen LogP contribution in [-0.4, -0.2) is 69.6 Å². The van der Waals surface area contributed by atoms with Crippen LogP contribution in [0, 0.1) is 63.9 Å². The molecule has 0 aromatic heterocycles. The molecule has 20 heteroatoms. The summed E-state index contributed by atoms with van der Waals surface area (Å²) < 4.78 is 192. The molecular formula is C98H136F12O8. The lowest BCUT2D eigenvalue weighted by Crippen LogP contribution is -2.28. The Bertz CT molecular complexity index is 3940. The first kappa shape index (κ1) is 103. The highest BCUT2D eigenvalue weighted by molar-refractivity contribution is 5.39. The van der Waals surface area contributed by atoms with Crippen LogP contribution in [0.3, 0.4) is 0 Å². The summed E-state index contributed by atoms with van der Waals surface area (Å²) in [5.41, 5.74) is 4.87. The molecule has 0 heterocycles. The third-order valence-corrected chi connectivity index (χ3v) is 19.4. The van der Waals surface area contributed by atoms with Crippen LogP contribution in [0.4, 0.5) is 52.7 Å². The van der Waals surface area contributed by atoms with Gasteiger partial charge in [0.25, 0.3) is 6.43 Å². The van der Waals surface area contributed by atoms with Crippen molar-refractivity contribution in [3.05, 3.63) is 207 Å². The molecule has 0 amide bonds. The van der Waals surface area contributed by atoms with E-state index in [0.29, 0.717) is 72.7 Å². The van der Waals surface area contributed by atoms with Crippen molar-refractivity contribution in [1.29, 1.82) is 0 Å². The van der Waals surface area contributed by atoms with Gasteiger partial charge in [-0.05, 0) is 237 Å². The summed E-state index contributed by atoms with van der Waals surface area (Å²) in [5, 5.41) is 9.51. The fraction of sp³-hybridized carbons (Fsp3) is 0.571. The van der Waals surface area contributed by atoms with Gasteiger partial charge in [0.1, 0.15) is 13.2 Å². The van der Waals surface area contributed by atoms with Crippen molar-refractivity contribution >= 4 is 0 Å². The third kappa shape index (κ3) is 38.8. The number of halogens is 12. The van der Waals surface area contributed by atoms with Crippen LogP contribution in [0.2, 0.25) is 0 Å². The number of ether oxygens (including phenoxy) is 7. The quantitative estimate of drug-likeness (QED) is 0.0802. The Balaban J connectivity index is 0.000000290. The van der Waals surface area contributed by atoms with E-state index >= 15 is 0 Å². The van der Waals surface area contributed by atoms with Crippen LogP contribution in [-0.2, 0) is 37.9 Å². The second-order valence-corrected chi connectivity index (χ2v) is 40.1. The van der Waals surface area contributed by atoms with E-state index in [1.807, 2.05) is 92.6 Å². The maximum absolute atomic E-state index is 13.9. The van der Waals surface area contributed by atoms with Gasteiger partial charge in [-0.2, -0.15) is 13.2 Å². The number of alkyl halides is 5. The summed E-state index contributed by atoms with van der Waals surface area (Å²) in [6, 6.07) is 34.5. The predicted molar refractivity (Wildman–Crippen MR) is 454 cm³/mol. The summed E-state index contributed by atoms with van der Waals surface area (Å²) in [5.74, 6) is 0.338. The molecule has 0 unspecified atom stereocenters. The van der Waals surface area contributed by atoms with E-state index < -0.39 is 43.1 Å². The van der Waals surface area contributed by atoms with Crippen molar-refractivity contribution in [2.45, 2.75) is 294 Å². The van der Waals surface area contributed by atoms with E-state index in [0.717, 1.165) is 33.4 Å². The summed E-state index contributed by atoms with van der Waals surface area (Å²) >= 11 is 0. The summed E-state index contributed by atoms with van der Waals surface area (Å²) in [6.07, 6.45) is 4.16. The van der Waals surface area contributed by atoms with Gasteiger partial charge in [-0.3, -0.25) is 0 Å². The monoisotopic (exact) mass is 1670 g/mol. The maximum Gasteiger partial charge on any atom is 0.422 e. The molecule has 8 nitrogen and oxygen atoms in total. The molecule has 660 valence electrons. The standard InChI is InChI=1S/C16H23FO.C15H21FO.C15H23FO.C14H21FO2.C14H19FO.C12H14F4O.C12H15F3O/c1-16(2,3)13-8-9-15(14(17)10-13)18-11-12-6-4-5-7-12;1-15(2,3)12-7-8-14(13(16)9-12)17-10-11-5-4-6-11;1-14(2,3)10-17-13-8-7-11(9-12(13)16)15(4,5)6;1-13(2,3)10-6-7-12(11(15)8-10)17-9-14(4,5)16;1-14(2,3)11-6-7-13(12(15)8-11)16-9-10-4-5-10;1-11(2,3)8-4-5-10(9(13)6-8)17-7-12(14,15)16;1-12(2,3)8-4-5-10(9(13)6-8)16-7-11(14)15/h8-10,12H,4-7,11H2,1-3H3;7-9,11H,4-6,10H2,1-3H3;7-9H,10H2,1-6H3;6-8,16H,9H2,1-5H3;6-8,10H,4-5,9H2,1-3H3;4-6H,7H2,1-3H3;4-6,11H,7H2,1-3H3. The van der Waals surface area contributed by atoms with Crippen LogP contribution in [0.25, 0.3) is 0 Å². The van der Waals surface area contributed by atoms with Crippen molar-refractivity contribution < 1.29 is 90.9 Å². The fourth-order valence-electron chi connectivity index (χ4n) is 11.2. The van der Waals surface area contributed by atoms with Crippen LogP contribution in [0.5, 0.6) is 40.2 Å². The second kappa shape index (κ2) is 43.7. The topological polar surface area (TPSA) is 84.8 Å². The van der Waals surface area contributed by atoms with Gasteiger partial charge in [-0.15, -0.1) is 0 Å². The lowest BCUT2D eigenvalue weighted by Gasteiger charge is -2.25. The van der Waals surface area contributed by atoms with Gasteiger partial charge in [0.2, 0.25) is 0 Å². The Morgan fingerprint density at radius 1 is 0.280 bits per heavy atom. The Morgan fingerprint density at radius 2 is 0.483 bits per heavy atom. The first-order valence-electron chi connectivity index (χ1n) is 41.1. The van der Waals surface area contributed by atoms with E-state index in [1.165, 1.54) is 88.1 Å². The summed E-state index contributed by atoms with van der Waals surface area (Å²) in [6.45, 7) is 52.2. The lowest BCUT2D eigenvalue weighted by molar-refractivity contribution is -0.153. The third-order valence-electron chi connectivity index (χ3n) is 19.4. The Labute approximate surface area is 698 Å². The van der Waals surface area contributed by atoms with Gasteiger partial charge in [0.05, 0.1) is 32.0 Å². The van der Waals surface area contributed by atoms with E-state index in [2.05, 4.69) is 113 Å². The molecule has 0 saturated heterocycles. The Hall–Kier alpha value is -7.74. The van der Waals surface area contributed by atoms with Gasteiger partial charge in [0.15, 0.2) is 87.6 Å². The Kier molecular flexibility index (Phi) is 38.0. The molecule has 0 aliphatic heterocycles. The van der Waals surface area contributed by atoms with Crippen LogP contribution < -0.4 is 33.2 Å². The first-order valence-corrected chi connectivity index (χ1v) is 41.1. The van der Waals surface area contributed by atoms with Crippen LogP contribution in [0.15, 0.2) is 127 Å². The molecule has 3 saturated carbocycles. The van der Waals surface area contributed by atoms with Gasteiger partial charge >= 0.3 is 6.18 Å². The number of hydrogen-bond acceptors (Lipinski definition) is 8. The molecule has 0 spiro atoms. The zero-order valence-corrected chi connectivity index (χ0v) is 75.1. The largest absolute Gasteiger partial charge is 0.490 e. The zero-order valence-electron chi connectivity index (χ0n) is 75.1. The minimum absolute atomic E-state index is 0.0180. The molecule has 0 atom stereocenters. The van der Waals surface area contributed by atoms with E-state index in [4.69, 9.17) is 23.7 Å². The normalized spacial score (nSPS) is 14.3. The SMILES string of the molecule is CC(C)(C)COc1ccc(C(C)(C)C)cc1F.CC(C)(C)c1ccc(OCC(F)(F)F)c(F)c1.CC(C)(C)c1ccc(OCC(F)F)c(F)c1.CC(C)(C)c1ccc(OCC2CC2)c(F)c1.CC(C)(C)c1ccc(OCC2CCC2)c(F)c1.CC(C)(C)c1ccc(OCC2CCCC2)c(F)c1.CC(C)(O)COc1ccc(C(C)(C)C)cc1F. The first-order chi connectivity index (χ1) is 54.0. The van der Waals surface area contributed by atoms with Gasteiger partial charge < -0.3 is 38.3 Å². The lowest BCUT2D eigenvalue weighted by atomic mass is 9.86. The van der Waals surface area contributed by atoms with Crippen molar-refractivity contribution in [2.75, 3.05) is 46.2 Å². The summed E-state index contributed by atoms with van der Waals surface area (Å²) in [4.78, 5) is 0. The number of benzene rings is 7. The smallest absolute Gasteiger partial charge is 0.422 e. The maximum atomic E-state index is 13.9. The van der Waals surface area contributed by atoms with E-state index in [-0.39, 0.29) is 96.3 Å². The average Bonchev–Trinajstić information content (AvgIpc) is 1.35. The molecule has 1 N–H and O–H groups in total. The molecular weight excluding hydrogens is 1530 g/mol. The van der Waals surface area contributed by atoms with Gasteiger partial charge in [-0.25, -0.2) is 39.5 Å². The zero-order chi connectivity index (χ0) is 89.5. The van der Waals surface area contributed by atoms with Crippen molar-refractivity contribution in [1.82, 2.24) is 0 Å². The highest BCUT2D eigenvalue weighted by Crippen LogP contribution is 2.37. The highest BCUT2D eigenvalue weighted by Gasteiger charge is 2.31. The summed E-state index contributed by atoms with van der Waals surface area (Å²) in [7, 11) is 0. The molecule has 3 aliphatic carbocycles. The van der Waals surface area contributed by atoms with Crippen LogP contribution >= 0.6 is 0 Å². The molecule has 3 fully saturated rings. The molecule has 7 aromatic rings. The van der Waals surface area contributed by atoms with Crippen molar-refractivity contribution in [3.8, 4) is 40.2 Å². The Morgan fingerprint density at radius 3 is 0.661 bits per heavy atom. The van der Waals surface area contributed by atoms with Gasteiger partial charge in [0, 0.05) is 0 Å².